The fraction of sp³-hybridized carbons (Fsp3) is 0.308. The molecule has 1 aliphatic rings. The molecule has 1 atom stereocenters. The second-order valence-electron chi connectivity index (χ2n) is 9.15. The van der Waals surface area contributed by atoms with E-state index in [0.29, 0.717) is 42.9 Å². The Balaban J connectivity index is 1.30. The number of carbonyl (C=O) groups excluding carboxylic acids is 2. The van der Waals surface area contributed by atoms with E-state index >= 15 is 0 Å². The maximum absolute atomic E-state index is 12.9. The Hall–Kier alpha value is -3.98. The quantitative estimate of drug-likeness (QED) is 0.413. The normalized spacial score (nSPS) is 16.9. The highest BCUT2D eigenvalue weighted by molar-refractivity contribution is 5.94. The molecule has 180 valence electrons. The molecule has 3 heterocycles. The van der Waals surface area contributed by atoms with Gasteiger partial charge in [0.05, 0.1) is 23.1 Å². The van der Waals surface area contributed by atoms with Gasteiger partial charge in [-0.1, -0.05) is 24.3 Å². The molecular formula is C26H28N6O3. The van der Waals surface area contributed by atoms with Gasteiger partial charge < -0.3 is 20.2 Å². The number of benzene rings is 2. The van der Waals surface area contributed by atoms with Crippen molar-refractivity contribution in [3.63, 3.8) is 0 Å². The summed E-state index contributed by atoms with van der Waals surface area (Å²) in [5.41, 5.74) is 3.80. The van der Waals surface area contributed by atoms with Crippen LogP contribution in [0.2, 0.25) is 0 Å². The number of nitrogens with one attached hydrogen (secondary N) is 3. The average molecular weight is 473 g/mol. The molecule has 0 unspecified atom stereocenters. The predicted octanol–water partition coefficient (Wildman–Crippen LogP) is 2.37. The van der Waals surface area contributed by atoms with Crippen molar-refractivity contribution in [1.29, 1.82) is 0 Å². The van der Waals surface area contributed by atoms with E-state index in [1.807, 2.05) is 17.0 Å². The first-order valence-corrected chi connectivity index (χ1v) is 11.8. The number of H-pyrrole nitrogens is 2. The molecular weight excluding hydrogens is 444 g/mol. The average Bonchev–Trinajstić information content (AvgIpc) is 3.08. The number of para-hydroxylation sites is 1. The van der Waals surface area contributed by atoms with Crippen molar-refractivity contribution >= 4 is 39.4 Å². The SMILES string of the molecule is CC(=O)N1CCN(CC(=O)Nc2ccc3[nH]c(=O)[nH]c3c2)C[C@@H](Cc2cccc3cccnc23)C1. The molecule has 2 amide bonds. The number of nitrogens with zero attached hydrogens (tertiary/aromatic N) is 3. The van der Waals surface area contributed by atoms with Crippen LogP contribution in [0.5, 0.6) is 0 Å². The minimum Gasteiger partial charge on any atom is -0.341 e. The third-order valence-electron chi connectivity index (χ3n) is 6.52. The van der Waals surface area contributed by atoms with Crippen LogP contribution in [0.3, 0.4) is 0 Å². The van der Waals surface area contributed by atoms with Gasteiger partial charge in [-0.25, -0.2) is 4.79 Å². The fourth-order valence-electron chi connectivity index (χ4n) is 4.90. The third-order valence-corrected chi connectivity index (χ3v) is 6.52. The number of carbonyl (C=O) groups is 2. The van der Waals surface area contributed by atoms with Crippen molar-refractivity contribution in [2.75, 3.05) is 38.0 Å². The summed E-state index contributed by atoms with van der Waals surface area (Å²) in [5.74, 6) is 0.0818. The van der Waals surface area contributed by atoms with Crippen LogP contribution in [0.15, 0.2) is 59.5 Å². The number of imidazole rings is 1. The molecule has 1 fully saturated rings. The van der Waals surface area contributed by atoms with E-state index < -0.39 is 0 Å². The standard InChI is InChI=1S/C26H28N6O3/c1-17(33)32-11-10-31(16-24(34)28-21-7-8-22-23(13-21)30-26(35)29-22)14-18(15-32)12-20-5-2-4-19-6-3-9-27-25(19)20/h2-9,13,18H,10-12,14-16H2,1H3,(H,28,34)(H2,29,30,35)/t18-/m1/s1. The van der Waals surface area contributed by atoms with Crippen LogP contribution in [-0.2, 0) is 16.0 Å². The lowest BCUT2D eigenvalue weighted by molar-refractivity contribution is -0.129. The fourth-order valence-corrected chi connectivity index (χ4v) is 4.90. The van der Waals surface area contributed by atoms with Crippen LogP contribution in [-0.4, -0.2) is 69.3 Å². The largest absolute Gasteiger partial charge is 0.341 e. The van der Waals surface area contributed by atoms with Crippen LogP contribution in [0.25, 0.3) is 21.9 Å². The Kier molecular flexibility index (Phi) is 6.33. The first-order chi connectivity index (χ1) is 16.9. The highest BCUT2D eigenvalue weighted by Gasteiger charge is 2.26. The minimum absolute atomic E-state index is 0.0474. The molecule has 3 N–H and O–H groups in total. The van der Waals surface area contributed by atoms with Gasteiger partial charge in [-0.05, 0) is 42.2 Å². The first kappa shape index (κ1) is 22.8. The summed E-state index contributed by atoms with van der Waals surface area (Å²) in [6.45, 7) is 4.38. The third kappa shape index (κ3) is 5.25. The molecule has 0 bridgehead atoms. The summed E-state index contributed by atoms with van der Waals surface area (Å²) in [6.07, 6.45) is 2.58. The van der Waals surface area contributed by atoms with Gasteiger partial charge in [0, 0.05) is 50.4 Å². The summed E-state index contributed by atoms with van der Waals surface area (Å²) in [4.78, 5) is 50.5. The van der Waals surface area contributed by atoms with Crippen LogP contribution in [0.4, 0.5) is 5.69 Å². The Labute approximate surface area is 202 Å². The number of anilines is 1. The molecule has 0 saturated carbocycles. The van der Waals surface area contributed by atoms with E-state index in [4.69, 9.17) is 0 Å². The van der Waals surface area contributed by atoms with E-state index in [1.165, 1.54) is 0 Å². The van der Waals surface area contributed by atoms with Gasteiger partial charge in [0.2, 0.25) is 11.8 Å². The number of pyridine rings is 1. The number of aromatic amines is 2. The summed E-state index contributed by atoms with van der Waals surface area (Å²) >= 11 is 0. The van der Waals surface area contributed by atoms with E-state index in [9.17, 15) is 14.4 Å². The maximum Gasteiger partial charge on any atom is 0.323 e. The van der Waals surface area contributed by atoms with E-state index in [-0.39, 0.29) is 30.0 Å². The minimum atomic E-state index is -0.282. The van der Waals surface area contributed by atoms with E-state index in [0.717, 1.165) is 22.9 Å². The lowest BCUT2D eigenvalue weighted by Gasteiger charge is -2.24. The molecule has 2 aromatic heterocycles. The second kappa shape index (κ2) is 9.71. The number of fused-ring (bicyclic) bond motifs is 2. The maximum atomic E-state index is 12.9. The topological polar surface area (TPSA) is 114 Å². The van der Waals surface area contributed by atoms with Gasteiger partial charge in [-0.15, -0.1) is 0 Å². The molecule has 2 aromatic carbocycles. The van der Waals surface area contributed by atoms with Gasteiger partial charge in [-0.2, -0.15) is 0 Å². The number of rotatable bonds is 5. The van der Waals surface area contributed by atoms with Gasteiger partial charge >= 0.3 is 5.69 Å². The Morgan fingerprint density at radius 3 is 2.74 bits per heavy atom. The summed E-state index contributed by atoms with van der Waals surface area (Å²) in [7, 11) is 0. The van der Waals surface area contributed by atoms with Crippen molar-refractivity contribution in [2.45, 2.75) is 13.3 Å². The summed E-state index contributed by atoms with van der Waals surface area (Å²) in [5, 5.41) is 4.02. The van der Waals surface area contributed by atoms with Gasteiger partial charge in [0.1, 0.15) is 0 Å². The molecule has 4 aromatic rings. The molecule has 0 aliphatic carbocycles. The van der Waals surface area contributed by atoms with Crippen LogP contribution < -0.4 is 11.0 Å². The zero-order valence-electron chi connectivity index (χ0n) is 19.6. The second-order valence-corrected chi connectivity index (χ2v) is 9.15. The monoisotopic (exact) mass is 472 g/mol. The van der Waals surface area contributed by atoms with Crippen molar-refractivity contribution in [3.05, 3.63) is 70.8 Å². The predicted molar refractivity (Wildman–Crippen MR) is 135 cm³/mol. The highest BCUT2D eigenvalue weighted by atomic mass is 16.2. The molecule has 9 heteroatoms. The molecule has 35 heavy (non-hydrogen) atoms. The van der Waals surface area contributed by atoms with E-state index in [2.05, 4.69) is 43.4 Å². The zero-order valence-corrected chi connectivity index (χ0v) is 19.6. The van der Waals surface area contributed by atoms with Gasteiger partial charge in [0.25, 0.3) is 0 Å². The smallest absolute Gasteiger partial charge is 0.323 e. The van der Waals surface area contributed by atoms with Crippen LogP contribution in [0.1, 0.15) is 12.5 Å². The number of hydrogen-bond acceptors (Lipinski definition) is 5. The van der Waals surface area contributed by atoms with Gasteiger partial charge in [-0.3, -0.25) is 19.5 Å². The van der Waals surface area contributed by atoms with Crippen LogP contribution in [0, 0.1) is 5.92 Å². The number of amides is 2. The first-order valence-electron chi connectivity index (χ1n) is 11.8. The highest BCUT2D eigenvalue weighted by Crippen LogP contribution is 2.22. The van der Waals surface area contributed by atoms with Crippen molar-refractivity contribution < 1.29 is 9.59 Å². The lowest BCUT2D eigenvalue weighted by atomic mass is 9.96. The lowest BCUT2D eigenvalue weighted by Crippen LogP contribution is -2.37. The number of aromatic nitrogens is 3. The van der Waals surface area contributed by atoms with Gasteiger partial charge in [0.15, 0.2) is 0 Å². The van der Waals surface area contributed by atoms with Crippen molar-refractivity contribution in [3.8, 4) is 0 Å². The Morgan fingerprint density at radius 1 is 1.06 bits per heavy atom. The Bertz CT molecular complexity index is 1440. The number of hydrogen-bond donors (Lipinski definition) is 3. The summed E-state index contributed by atoms with van der Waals surface area (Å²) < 4.78 is 0. The molecule has 1 saturated heterocycles. The molecule has 5 rings (SSSR count). The molecule has 1 aliphatic heterocycles. The zero-order chi connectivity index (χ0) is 24.4. The molecule has 9 nitrogen and oxygen atoms in total. The van der Waals surface area contributed by atoms with E-state index in [1.54, 1.807) is 31.3 Å². The summed E-state index contributed by atoms with van der Waals surface area (Å²) in [6, 6.07) is 15.4. The van der Waals surface area contributed by atoms with Crippen LogP contribution >= 0.6 is 0 Å². The molecule has 0 spiro atoms. The van der Waals surface area contributed by atoms with Crippen molar-refractivity contribution in [2.24, 2.45) is 5.92 Å². The molecule has 0 radical (unpaired) electrons. The van der Waals surface area contributed by atoms with Crippen molar-refractivity contribution in [1.82, 2.24) is 24.8 Å². The Morgan fingerprint density at radius 2 is 1.89 bits per heavy atom.